The summed E-state index contributed by atoms with van der Waals surface area (Å²) in [6, 6.07) is 8.22. The third kappa shape index (κ3) is 5.48. The highest BCUT2D eigenvalue weighted by Gasteiger charge is 2.35. The number of alkyl halides is 3. The van der Waals surface area contributed by atoms with Gasteiger partial charge in [0.2, 0.25) is 0 Å². The number of aryl methyl sites for hydroxylation is 1. The molecule has 0 saturated heterocycles. The topological polar surface area (TPSA) is 51.2 Å². The number of rotatable bonds is 5. The molecule has 0 aliphatic heterocycles. The first-order valence-electron chi connectivity index (χ1n) is 8.74. The smallest absolute Gasteiger partial charge is 0.417 e. The number of hydrogen-bond donors (Lipinski definition) is 1. The van der Waals surface area contributed by atoms with Crippen LogP contribution in [0.15, 0.2) is 53.7 Å². The van der Waals surface area contributed by atoms with Crippen molar-refractivity contribution in [1.82, 2.24) is 4.98 Å². The van der Waals surface area contributed by atoms with Gasteiger partial charge in [-0.05, 0) is 61.2 Å². The van der Waals surface area contributed by atoms with E-state index in [0.717, 1.165) is 18.2 Å². The molecule has 31 heavy (non-hydrogen) atoms. The van der Waals surface area contributed by atoms with Crippen molar-refractivity contribution in [1.29, 1.82) is 0 Å². The van der Waals surface area contributed by atoms with Gasteiger partial charge in [-0.3, -0.25) is 4.79 Å². The maximum Gasteiger partial charge on any atom is 0.417 e. The molecule has 0 bridgehead atoms. The molecule has 0 aliphatic rings. The number of amides is 1. The van der Waals surface area contributed by atoms with Crippen molar-refractivity contribution in [2.24, 2.45) is 0 Å². The monoisotopic (exact) mass is 470 g/mol. The van der Waals surface area contributed by atoms with Gasteiger partial charge in [-0.1, -0.05) is 11.6 Å². The van der Waals surface area contributed by atoms with Crippen LogP contribution in [-0.2, 0) is 6.18 Å². The van der Waals surface area contributed by atoms with E-state index in [9.17, 15) is 22.4 Å². The Bertz CT molecular complexity index is 1140. The molecule has 3 aromatic rings. The quantitative estimate of drug-likeness (QED) is 0.323. The molecule has 0 fully saturated rings. The van der Waals surface area contributed by atoms with E-state index in [1.165, 1.54) is 37.0 Å². The van der Waals surface area contributed by atoms with E-state index in [-0.39, 0.29) is 17.1 Å². The summed E-state index contributed by atoms with van der Waals surface area (Å²) < 4.78 is 59.1. The van der Waals surface area contributed by atoms with Crippen LogP contribution in [0.5, 0.6) is 11.5 Å². The zero-order chi connectivity index (χ0) is 22.8. The summed E-state index contributed by atoms with van der Waals surface area (Å²) in [4.78, 5) is 16.9. The number of aromatic nitrogens is 1. The first-order valence-corrected chi connectivity index (χ1v) is 10.3. The Balaban J connectivity index is 2.04. The minimum atomic E-state index is -4.76. The van der Waals surface area contributed by atoms with Crippen LogP contribution in [0.3, 0.4) is 0 Å². The molecule has 1 N–H and O–H groups in total. The number of carbonyl (C=O) groups is 1. The Morgan fingerprint density at radius 2 is 1.87 bits per heavy atom. The summed E-state index contributed by atoms with van der Waals surface area (Å²) in [5.41, 5.74) is -0.642. The molecule has 0 aliphatic carbocycles. The molecule has 2 aromatic carbocycles. The minimum absolute atomic E-state index is 0.0967. The number of anilines is 1. The van der Waals surface area contributed by atoms with E-state index in [2.05, 4.69) is 10.3 Å². The lowest BCUT2D eigenvalue weighted by Gasteiger charge is -2.17. The molecule has 162 valence electrons. The van der Waals surface area contributed by atoms with Crippen molar-refractivity contribution in [3.05, 3.63) is 76.2 Å². The second kappa shape index (κ2) is 9.15. The number of nitrogens with zero attached hydrogens (tertiary/aromatic N) is 1. The predicted molar refractivity (Wildman–Crippen MR) is 112 cm³/mol. The molecular weight excluding hydrogens is 456 g/mol. The van der Waals surface area contributed by atoms with E-state index >= 15 is 0 Å². The fourth-order valence-electron chi connectivity index (χ4n) is 2.68. The second-order valence-electron chi connectivity index (χ2n) is 6.38. The van der Waals surface area contributed by atoms with Crippen molar-refractivity contribution in [3.8, 4) is 11.5 Å². The molecule has 1 aromatic heterocycles. The Labute approximate surface area is 184 Å². The molecule has 4 nitrogen and oxygen atoms in total. The highest BCUT2D eigenvalue weighted by atomic mass is 35.5. The minimum Gasteiger partial charge on any atom is -0.456 e. The zero-order valence-corrected chi connectivity index (χ0v) is 17.8. The normalized spacial score (nSPS) is 11.3. The van der Waals surface area contributed by atoms with E-state index in [0.29, 0.717) is 22.3 Å². The van der Waals surface area contributed by atoms with E-state index in [1.807, 2.05) is 0 Å². The Morgan fingerprint density at radius 3 is 2.52 bits per heavy atom. The summed E-state index contributed by atoms with van der Waals surface area (Å²) in [6.07, 6.45) is -1.47. The molecule has 10 heteroatoms. The molecule has 0 atom stereocenters. The standard InChI is InChI=1S/C21H15ClF4N2O2S/c1-11-7-12(23)3-4-17(11)30-18-10-15(21(24,25)26)16(22)9-14(18)20(29)28-13-5-6-27-19(8-13)31-2/h3-10H,1-2H3,(H,27,28,29). The molecule has 1 amide bonds. The van der Waals surface area contributed by atoms with Crippen LogP contribution in [0.4, 0.5) is 23.2 Å². The fraction of sp³-hybridized carbons (Fsp3) is 0.143. The van der Waals surface area contributed by atoms with Gasteiger partial charge < -0.3 is 10.1 Å². The third-order valence-electron chi connectivity index (χ3n) is 4.18. The number of thioether (sulfide) groups is 1. The van der Waals surface area contributed by atoms with Crippen LogP contribution in [0, 0.1) is 12.7 Å². The number of nitrogens with one attached hydrogen (secondary N) is 1. The number of ether oxygens (including phenoxy) is 1. The van der Waals surface area contributed by atoms with E-state index in [4.69, 9.17) is 16.3 Å². The van der Waals surface area contributed by atoms with Crippen LogP contribution >= 0.6 is 23.4 Å². The van der Waals surface area contributed by atoms with Gasteiger partial charge in [0.05, 0.1) is 21.2 Å². The third-order valence-corrected chi connectivity index (χ3v) is 5.13. The SMILES string of the molecule is CSc1cc(NC(=O)c2cc(Cl)c(C(F)(F)F)cc2Oc2ccc(F)cc2C)ccn1. The first-order chi connectivity index (χ1) is 14.6. The first kappa shape index (κ1) is 22.9. The lowest BCUT2D eigenvalue weighted by Crippen LogP contribution is -2.15. The van der Waals surface area contributed by atoms with Gasteiger partial charge in [-0.15, -0.1) is 11.8 Å². The molecule has 0 spiro atoms. The van der Waals surface area contributed by atoms with Crippen LogP contribution in [0.1, 0.15) is 21.5 Å². The average molecular weight is 471 g/mol. The van der Waals surface area contributed by atoms with Gasteiger partial charge in [0.15, 0.2) is 0 Å². The zero-order valence-electron chi connectivity index (χ0n) is 16.2. The van der Waals surface area contributed by atoms with Crippen LogP contribution in [0.25, 0.3) is 0 Å². The van der Waals surface area contributed by atoms with Crippen LogP contribution < -0.4 is 10.1 Å². The molecule has 3 rings (SSSR count). The van der Waals surface area contributed by atoms with Gasteiger partial charge in [0.25, 0.3) is 5.91 Å². The largest absolute Gasteiger partial charge is 0.456 e. The molecular formula is C21H15ClF4N2O2S. The lowest BCUT2D eigenvalue weighted by molar-refractivity contribution is -0.137. The van der Waals surface area contributed by atoms with Gasteiger partial charge in [-0.2, -0.15) is 13.2 Å². The number of hydrogen-bond acceptors (Lipinski definition) is 4. The maximum absolute atomic E-state index is 13.4. The Morgan fingerprint density at radius 1 is 1.13 bits per heavy atom. The lowest BCUT2D eigenvalue weighted by atomic mass is 10.1. The van der Waals surface area contributed by atoms with Gasteiger partial charge >= 0.3 is 6.18 Å². The summed E-state index contributed by atoms with van der Waals surface area (Å²) in [6.45, 7) is 1.53. The summed E-state index contributed by atoms with van der Waals surface area (Å²) >= 11 is 7.17. The van der Waals surface area contributed by atoms with Gasteiger partial charge in [0, 0.05) is 11.9 Å². The van der Waals surface area contributed by atoms with Crippen molar-refractivity contribution in [3.63, 3.8) is 0 Å². The van der Waals surface area contributed by atoms with Crippen LogP contribution in [0.2, 0.25) is 5.02 Å². The second-order valence-corrected chi connectivity index (χ2v) is 7.61. The number of pyridine rings is 1. The van der Waals surface area contributed by atoms with Crippen molar-refractivity contribution in [2.75, 3.05) is 11.6 Å². The fourth-order valence-corrected chi connectivity index (χ4v) is 3.36. The Kier molecular flexibility index (Phi) is 6.76. The maximum atomic E-state index is 13.4. The summed E-state index contributed by atoms with van der Waals surface area (Å²) in [5.74, 6) is -1.54. The van der Waals surface area contributed by atoms with Crippen molar-refractivity contribution in [2.45, 2.75) is 18.1 Å². The Hall–Kier alpha value is -2.78. The van der Waals surface area contributed by atoms with Crippen LogP contribution in [-0.4, -0.2) is 17.1 Å². The number of benzene rings is 2. The number of halogens is 5. The highest BCUT2D eigenvalue weighted by Crippen LogP contribution is 2.40. The highest BCUT2D eigenvalue weighted by molar-refractivity contribution is 7.98. The van der Waals surface area contributed by atoms with Crippen molar-refractivity contribution < 1.29 is 27.1 Å². The summed E-state index contributed by atoms with van der Waals surface area (Å²) in [7, 11) is 0. The predicted octanol–water partition coefficient (Wildman–Crippen LogP) is 6.97. The molecule has 1 heterocycles. The van der Waals surface area contributed by atoms with Crippen molar-refractivity contribution >= 4 is 35.0 Å². The van der Waals surface area contributed by atoms with Gasteiger partial charge in [-0.25, -0.2) is 9.37 Å². The number of carbonyl (C=O) groups excluding carboxylic acids is 1. The summed E-state index contributed by atoms with van der Waals surface area (Å²) in [5, 5.41) is 2.58. The average Bonchev–Trinajstić information content (AvgIpc) is 2.70. The van der Waals surface area contributed by atoms with E-state index in [1.54, 1.807) is 12.3 Å². The molecule has 0 radical (unpaired) electrons. The van der Waals surface area contributed by atoms with Gasteiger partial charge in [0.1, 0.15) is 17.3 Å². The molecule has 0 saturated carbocycles. The van der Waals surface area contributed by atoms with E-state index < -0.39 is 28.5 Å². The molecule has 0 unspecified atom stereocenters.